The van der Waals surface area contributed by atoms with Crippen LogP contribution >= 0.6 is 0 Å². The van der Waals surface area contributed by atoms with Gasteiger partial charge < -0.3 is 14.8 Å². The lowest BCUT2D eigenvalue weighted by Gasteiger charge is -2.30. The molecule has 0 fully saturated rings. The van der Waals surface area contributed by atoms with Crippen LogP contribution in [0.5, 0.6) is 0 Å². The lowest BCUT2D eigenvalue weighted by atomic mass is 9.83. The molecule has 0 unspecified atom stereocenters. The van der Waals surface area contributed by atoms with Crippen molar-refractivity contribution >= 4 is 11.7 Å². The van der Waals surface area contributed by atoms with Crippen molar-refractivity contribution in [3.8, 4) is 0 Å². The molecule has 1 aromatic heterocycles. The minimum atomic E-state index is -0.504. The second kappa shape index (κ2) is 7.68. The number of hydrogen-bond donors (Lipinski definition) is 1. The highest BCUT2D eigenvalue weighted by Crippen LogP contribution is 2.23. The van der Waals surface area contributed by atoms with Crippen LogP contribution in [0.15, 0.2) is 0 Å². The smallest absolute Gasteiger partial charge is 0.272 e. The van der Waals surface area contributed by atoms with Crippen LogP contribution in [-0.4, -0.2) is 45.8 Å². The van der Waals surface area contributed by atoms with Crippen molar-refractivity contribution in [2.45, 2.75) is 73.0 Å². The fourth-order valence-electron chi connectivity index (χ4n) is 3.43. The Balaban J connectivity index is 2.36. The van der Waals surface area contributed by atoms with Crippen molar-refractivity contribution in [2.24, 2.45) is 5.41 Å². The van der Waals surface area contributed by atoms with Gasteiger partial charge in [0.05, 0.1) is 11.7 Å². The highest BCUT2D eigenvalue weighted by Gasteiger charge is 2.33. The summed E-state index contributed by atoms with van der Waals surface area (Å²) in [6.45, 7) is 12.4. The van der Waals surface area contributed by atoms with Crippen LogP contribution in [0.25, 0.3) is 0 Å². The molecular formula is C19H32N4O2. The minimum Gasteiger partial charge on any atom is -0.340 e. The van der Waals surface area contributed by atoms with Crippen molar-refractivity contribution in [1.29, 1.82) is 0 Å². The van der Waals surface area contributed by atoms with Crippen LogP contribution in [0.3, 0.4) is 0 Å². The van der Waals surface area contributed by atoms with Crippen molar-refractivity contribution in [3.63, 3.8) is 0 Å². The number of rotatable bonds is 5. The van der Waals surface area contributed by atoms with E-state index in [2.05, 4.69) is 33.7 Å². The van der Waals surface area contributed by atoms with Crippen LogP contribution in [0.1, 0.15) is 69.5 Å². The zero-order valence-corrected chi connectivity index (χ0v) is 16.5. The molecular weight excluding hydrogens is 316 g/mol. The van der Waals surface area contributed by atoms with Gasteiger partial charge in [0.15, 0.2) is 11.5 Å². The van der Waals surface area contributed by atoms with Gasteiger partial charge in [-0.1, -0.05) is 34.6 Å². The first-order valence-electron chi connectivity index (χ1n) is 9.29. The van der Waals surface area contributed by atoms with Crippen LogP contribution in [0.4, 0.5) is 0 Å². The second-order valence-corrected chi connectivity index (χ2v) is 8.01. The summed E-state index contributed by atoms with van der Waals surface area (Å²) in [5.41, 5.74) is 1.11. The van der Waals surface area contributed by atoms with E-state index in [0.29, 0.717) is 18.7 Å². The molecule has 0 bridgehead atoms. The van der Waals surface area contributed by atoms with E-state index in [0.717, 1.165) is 37.4 Å². The lowest BCUT2D eigenvalue weighted by Crippen LogP contribution is -2.49. The summed E-state index contributed by atoms with van der Waals surface area (Å²) >= 11 is 0. The van der Waals surface area contributed by atoms with Gasteiger partial charge >= 0.3 is 0 Å². The largest absolute Gasteiger partial charge is 0.340 e. The Hall–Kier alpha value is -1.69. The number of aryl methyl sites for hydroxylation is 1. The Kier molecular flexibility index (Phi) is 6.03. The number of amides is 1. The van der Waals surface area contributed by atoms with E-state index < -0.39 is 6.04 Å². The predicted octanol–water partition coefficient (Wildman–Crippen LogP) is 2.40. The first kappa shape index (κ1) is 19.6. The van der Waals surface area contributed by atoms with Crippen molar-refractivity contribution in [2.75, 3.05) is 13.6 Å². The van der Waals surface area contributed by atoms with E-state index in [9.17, 15) is 9.59 Å². The van der Waals surface area contributed by atoms with Gasteiger partial charge in [0, 0.05) is 25.9 Å². The fraction of sp³-hybridized carbons (Fsp3) is 0.737. The number of ketones is 1. The number of fused-ring (bicyclic) bond motifs is 1. The molecule has 1 aromatic rings. The SMILES string of the molecule is CCC(=O)[C@@H](NC(=O)c1nc(CC)n2c1CN(C)CCC2)C(C)(C)C. The van der Waals surface area contributed by atoms with Gasteiger partial charge in [-0.15, -0.1) is 0 Å². The molecule has 2 rings (SSSR count). The summed E-state index contributed by atoms with van der Waals surface area (Å²) in [4.78, 5) is 32.2. The minimum absolute atomic E-state index is 0.0546. The third-order valence-electron chi connectivity index (χ3n) is 4.84. The van der Waals surface area contributed by atoms with E-state index in [1.54, 1.807) is 0 Å². The highest BCUT2D eigenvalue weighted by molar-refractivity contribution is 5.97. The summed E-state index contributed by atoms with van der Waals surface area (Å²) in [6, 6.07) is -0.504. The summed E-state index contributed by atoms with van der Waals surface area (Å²) in [5, 5.41) is 2.96. The average molecular weight is 348 g/mol. The molecule has 1 amide bonds. The van der Waals surface area contributed by atoms with E-state index >= 15 is 0 Å². The molecule has 0 saturated heterocycles. The standard InChI is InChI=1S/C19H32N4O2/c1-7-14(24)17(19(3,4)5)21-18(25)16-13-12-22(6)10-9-11-23(13)15(8-2)20-16/h17H,7-12H2,1-6H3,(H,21,25)/t17-/m1/s1. The Bertz CT molecular complexity index is 643. The maximum absolute atomic E-state index is 13.0. The Morgan fingerprint density at radius 3 is 2.48 bits per heavy atom. The van der Waals surface area contributed by atoms with Gasteiger partial charge in [0.25, 0.3) is 5.91 Å². The summed E-state index contributed by atoms with van der Waals surface area (Å²) in [5.74, 6) is 0.768. The molecule has 0 radical (unpaired) electrons. The first-order chi connectivity index (χ1) is 11.7. The average Bonchev–Trinajstić information content (AvgIpc) is 2.76. The maximum Gasteiger partial charge on any atom is 0.272 e. The molecule has 6 heteroatoms. The van der Waals surface area contributed by atoms with E-state index in [1.807, 2.05) is 27.7 Å². The zero-order valence-electron chi connectivity index (χ0n) is 16.5. The van der Waals surface area contributed by atoms with Crippen LogP contribution < -0.4 is 5.32 Å². The van der Waals surface area contributed by atoms with Crippen molar-refractivity contribution in [3.05, 3.63) is 17.2 Å². The van der Waals surface area contributed by atoms with Crippen LogP contribution in [0, 0.1) is 5.41 Å². The highest BCUT2D eigenvalue weighted by atomic mass is 16.2. The molecule has 2 heterocycles. The molecule has 0 aliphatic carbocycles. The number of nitrogens with zero attached hydrogens (tertiary/aromatic N) is 3. The number of Topliss-reactive ketones (excluding diaryl/α,β-unsaturated/α-hetero) is 1. The number of hydrogen-bond acceptors (Lipinski definition) is 4. The number of nitrogens with one attached hydrogen (secondary N) is 1. The first-order valence-corrected chi connectivity index (χ1v) is 9.29. The van der Waals surface area contributed by atoms with Crippen molar-refractivity contribution in [1.82, 2.24) is 19.8 Å². The molecule has 0 spiro atoms. The molecule has 1 atom stereocenters. The number of carbonyl (C=O) groups excluding carboxylic acids is 2. The zero-order chi connectivity index (χ0) is 18.8. The van der Waals surface area contributed by atoms with E-state index in [4.69, 9.17) is 0 Å². The molecule has 1 aliphatic heterocycles. The Morgan fingerprint density at radius 1 is 1.24 bits per heavy atom. The molecule has 25 heavy (non-hydrogen) atoms. The molecule has 140 valence electrons. The number of imidazole rings is 1. The summed E-state index contributed by atoms with van der Waals surface area (Å²) in [7, 11) is 2.06. The summed E-state index contributed by atoms with van der Waals surface area (Å²) in [6.07, 6.45) is 2.25. The monoisotopic (exact) mass is 348 g/mol. The molecule has 1 N–H and O–H groups in total. The van der Waals surface area contributed by atoms with Crippen molar-refractivity contribution < 1.29 is 9.59 Å². The normalized spacial score (nSPS) is 16.9. The van der Waals surface area contributed by atoms with E-state index in [1.165, 1.54) is 0 Å². The topological polar surface area (TPSA) is 67.2 Å². The van der Waals surface area contributed by atoms with Crippen LogP contribution in [0.2, 0.25) is 0 Å². The number of carbonyl (C=O) groups is 2. The third-order valence-corrected chi connectivity index (χ3v) is 4.84. The van der Waals surface area contributed by atoms with Gasteiger partial charge in [-0.05, 0) is 25.4 Å². The Morgan fingerprint density at radius 2 is 1.92 bits per heavy atom. The van der Waals surface area contributed by atoms with Gasteiger partial charge in [-0.2, -0.15) is 0 Å². The molecule has 6 nitrogen and oxygen atoms in total. The van der Waals surface area contributed by atoms with Gasteiger partial charge in [-0.3, -0.25) is 9.59 Å². The van der Waals surface area contributed by atoms with Gasteiger partial charge in [0.2, 0.25) is 0 Å². The lowest BCUT2D eigenvalue weighted by molar-refractivity contribution is -0.122. The maximum atomic E-state index is 13.0. The summed E-state index contributed by atoms with van der Waals surface area (Å²) < 4.78 is 2.19. The second-order valence-electron chi connectivity index (χ2n) is 8.01. The molecule has 0 saturated carbocycles. The van der Waals surface area contributed by atoms with Gasteiger partial charge in [-0.25, -0.2) is 4.98 Å². The predicted molar refractivity (Wildman–Crippen MR) is 98.6 cm³/mol. The fourth-order valence-corrected chi connectivity index (χ4v) is 3.43. The van der Waals surface area contributed by atoms with E-state index in [-0.39, 0.29) is 17.1 Å². The van der Waals surface area contributed by atoms with Gasteiger partial charge in [0.1, 0.15) is 5.82 Å². The quantitative estimate of drug-likeness (QED) is 0.887. The molecule has 1 aliphatic rings. The third kappa shape index (κ3) is 4.29. The Labute approximate surface area is 151 Å². The van der Waals surface area contributed by atoms with Crippen LogP contribution in [-0.2, 0) is 24.3 Å². The number of aromatic nitrogens is 2. The molecule has 0 aromatic carbocycles.